The van der Waals surface area contributed by atoms with Gasteiger partial charge in [0.15, 0.2) is 0 Å². The summed E-state index contributed by atoms with van der Waals surface area (Å²) in [5.74, 6) is -0.363. The van der Waals surface area contributed by atoms with Crippen LogP contribution in [0.25, 0.3) is 0 Å². The average Bonchev–Trinajstić information content (AvgIpc) is 2.39. The molecule has 0 bridgehead atoms. The van der Waals surface area contributed by atoms with Gasteiger partial charge in [0.2, 0.25) is 5.91 Å². The van der Waals surface area contributed by atoms with Gasteiger partial charge in [0.1, 0.15) is 6.16 Å². The molecule has 0 unspecified atom stereocenters. The van der Waals surface area contributed by atoms with Gasteiger partial charge in [0, 0.05) is 14.2 Å². The Bertz CT molecular complexity index is 427. The summed E-state index contributed by atoms with van der Waals surface area (Å²) in [5.41, 5.74) is 0.982. The Balaban J connectivity index is 2.58. The third-order valence-corrected chi connectivity index (χ3v) is 4.36. The first-order valence-electron chi connectivity index (χ1n) is 5.55. The van der Waals surface area contributed by atoms with E-state index in [2.05, 4.69) is 5.32 Å². The Morgan fingerprint density at radius 1 is 1.28 bits per heavy atom. The maximum Gasteiger partial charge on any atom is 0.339 e. The van der Waals surface area contributed by atoms with E-state index in [1.54, 1.807) is 0 Å². The molecule has 1 atom stereocenters. The predicted molar refractivity (Wildman–Crippen MR) is 69.5 cm³/mol. The Hall–Kier alpha value is -1.16. The molecular weight excluding hydrogens is 253 g/mol. The van der Waals surface area contributed by atoms with Crippen LogP contribution < -0.4 is 5.32 Å². The Kier molecular flexibility index (Phi) is 5.54. The highest BCUT2D eigenvalue weighted by atomic mass is 31.2. The summed E-state index contributed by atoms with van der Waals surface area (Å²) in [7, 11) is -0.773. The minimum atomic E-state index is -3.30. The highest BCUT2D eigenvalue weighted by molar-refractivity contribution is 7.54. The fraction of sp³-hybridized carbons (Fsp3) is 0.417. The van der Waals surface area contributed by atoms with Crippen molar-refractivity contribution in [1.82, 2.24) is 5.32 Å². The monoisotopic (exact) mass is 271 g/mol. The summed E-state index contributed by atoms with van der Waals surface area (Å²) in [6.45, 7) is 1.86. The number of hydrogen-bond acceptors (Lipinski definition) is 4. The second kappa shape index (κ2) is 6.69. The summed E-state index contributed by atoms with van der Waals surface area (Å²) in [5, 5.41) is 2.75. The summed E-state index contributed by atoms with van der Waals surface area (Å²) in [6, 6.07) is 9.37. The van der Waals surface area contributed by atoms with Crippen LogP contribution in [0.1, 0.15) is 18.5 Å². The van der Waals surface area contributed by atoms with Gasteiger partial charge in [-0.1, -0.05) is 30.3 Å². The van der Waals surface area contributed by atoms with Crippen LogP contribution in [0.2, 0.25) is 0 Å². The smallest absolute Gasteiger partial charge is 0.339 e. The van der Waals surface area contributed by atoms with Crippen LogP contribution in [0.3, 0.4) is 0 Å². The van der Waals surface area contributed by atoms with Gasteiger partial charge in [0.05, 0.1) is 6.04 Å². The fourth-order valence-corrected chi connectivity index (χ4v) is 2.34. The molecule has 5 nitrogen and oxygen atoms in total. The van der Waals surface area contributed by atoms with Gasteiger partial charge in [-0.15, -0.1) is 0 Å². The van der Waals surface area contributed by atoms with Crippen molar-refractivity contribution in [1.29, 1.82) is 0 Å². The maximum absolute atomic E-state index is 11.8. The highest BCUT2D eigenvalue weighted by Gasteiger charge is 2.26. The van der Waals surface area contributed by atoms with Gasteiger partial charge < -0.3 is 14.4 Å². The van der Waals surface area contributed by atoms with Crippen LogP contribution in [-0.2, 0) is 18.4 Å². The van der Waals surface area contributed by atoms with E-state index in [0.29, 0.717) is 0 Å². The molecule has 6 heteroatoms. The normalized spacial score (nSPS) is 13.1. The van der Waals surface area contributed by atoms with Crippen LogP contribution in [0.5, 0.6) is 0 Å². The zero-order chi connectivity index (χ0) is 13.6. The minimum Gasteiger partial charge on any atom is -0.349 e. The zero-order valence-electron chi connectivity index (χ0n) is 10.8. The number of benzene rings is 1. The summed E-state index contributed by atoms with van der Waals surface area (Å²) in [6.07, 6.45) is -0.281. The number of nitrogens with one attached hydrogen (secondary N) is 1. The lowest BCUT2D eigenvalue weighted by Gasteiger charge is -2.17. The van der Waals surface area contributed by atoms with E-state index in [-0.39, 0.29) is 18.1 Å². The third-order valence-electron chi connectivity index (χ3n) is 2.57. The lowest BCUT2D eigenvalue weighted by atomic mass is 10.1. The lowest BCUT2D eigenvalue weighted by Crippen LogP contribution is -2.29. The van der Waals surface area contributed by atoms with Crippen molar-refractivity contribution in [3.05, 3.63) is 35.9 Å². The lowest BCUT2D eigenvalue weighted by molar-refractivity contribution is -0.119. The predicted octanol–water partition coefficient (Wildman–Crippen LogP) is 2.35. The molecule has 0 aromatic heterocycles. The minimum absolute atomic E-state index is 0.152. The molecule has 0 saturated carbocycles. The maximum atomic E-state index is 11.8. The van der Waals surface area contributed by atoms with E-state index in [0.717, 1.165) is 5.56 Å². The molecule has 18 heavy (non-hydrogen) atoms. The molecule has 0 aliphatic rings. The molecule has 0 radical (unpaired) electrons. The molecule has 1 aromatic rings. The van der Waals surface area contributed by atoms with E-state index < -0.39 is 7.60 Å². The second-order valence-electron chi connectivity index (χ2n) is 3.83. The van der Waals surface area contributed by atoms with E-state index >= 15 is 0 Å². The number of rotatable bonds is 6. The van der Waals surface area contributed by atoms with E-state index in [1.807, 2.05) is 37.3 Å². The van der Waals surface area contributed by atoms with E-state index in [4.69, 9.17) is 9.05 Å². The summed E-state index contributed by atoms with van der Waals surface area (Å²) >= 11 is 0. The van der Waals surface area contributed by atoms with Gasteiger partial charge in [-0.3, -0.25) is 9.36 Å². The topological polar surface area (TPSA) is 64.6 Å². The first kappa shape index (κ1) is 14.9. The third kappa shape index (κ3) is 4.26. The zero-order valence-corrected chi connectivity index (χ0v) is 11.6. The number of carbonyl (C=O) groups excluding carboxylic acids is 1. The molecule has 0 saturated heterocycles. The van der Waals surface area contributed by atoms with Gasteiger partial charge >= 0.3 is 7.60 Å². The van der Waals surface area contributed by atoms with E-state index in [1.165, 1.54) is 14.2 Å². The van der Waals surface area contributed by atoms with Gasteiger partial charge in [-0.05, 0) is 12.5 Å². The largest absolute Gasteiger partial charge is 0.349 e. The van der Waals surface area contributed by atoms with Crippen molar-refractivity contribution in [3.8, 4) is 0 Å². The van der Waals surface area contributed by atoms with Crippen molar-refractivity contribution in [2.75, 3.05) is 20.4 Å². The first-order chi connectivity index (χ1) is 8.50. The summed E-state index contributed by atoms with van der Waals surface area (Å²) in [4.78, 5) is 11.7. The molecule has 1 N–H and O–H groups in total. The highest BCUT2D eigenvalue weighted by Crippen LogP contribution is 2.45. The SMILES string of the molecule is COP(=O)(CC(=O)N[C@@H](C)c1ccccc1)OC. The number of amides is 1. The Labute approximate surface area is 107 Å². The Morgan fingerprint density at radius 2 is 1.83 bits per heavy atom. The first-order valence-corrected chi connectivity index (χ1v) is 7.28. The molecule has 1 aromatic carbocycles. The van der Waals surface area contributed by atoms with Crippen molar-refractivity contribution in [2.24, 2.45) is 0 Å². The average molecular weight is 271 g/mol. The van der Waals surface area contributed by atoms with Crippen molar-refractivity contribution in [2.45, 2.75) is 13.0 Å². The molecule has 0 fully saturated rings. The van der Waals surface area contributed by atoms with Crippen LogP contribution in [0, 0.1) is 0 Å². The molecule has 1 amide bonds. The van der Waals surface area contributed by atoms with Crippen molar-refractivity contribution < 1.29 is 18.4 Å². The van der Waals surface area contributed by atoms with Crippen LogP contribution in [0.15, 0.2) is 30.3 Å². The van der Waals surface area contributed by atoms with Crippen LogP contribution in [-0.4, -0.2) is 26.3 Å². The molecule has 0 heterocycles. The van der Waals surface area contributed by atoms with Crippen molar-refractivity contribution >= 4 is 13.5 Å². The van der Waals surface area contributed by atoms with Gasteiger partial charge in [0.25, 0.3) is 0 Å². The van der Waals surface area contributed by atoms with Crippen LogP contribution >= 0.6 is 7.60 Å². The van der Waals surface area contributed by atoms with E-state index in [9.17, 15) is 9.36 Å². The molecule has 100 valence electrons. The molecule has 0 aliphatic heterocycles. The molecule has 0 aliphatic carbocycles. The number of hydrogen-bond donors (Lipinski definition) is 1. The standard InChI is InChI=1S/C12H18NO4P/c1-10(11-7-5-4-6-8-11)13-12(14)9-18(15,16-2)17-3/h4-8,10H,9H2,1-3H3,(H,13,14)/t10-/m0/s1. The Morgan fingerprint density at radius 3 is 2.33 bits per heavy atom. The van der Waals surface area contributed by atoms with Crippen molar-refractivity contribution in [3.63, 3.8) is 0 Å². The molecular formula is C12H18NO4P. The molecule has 0 spiro atoms. The number of carbonyl (C=O) groups is 1. The van der Waals surface area contributed by atoms with Crippen LogP contribution in [0.4, 0.5) is 0 Å². The molecule has 1 rings (SSSR count). The fourth-order valence-electron chi connectivity index (χ4n) is 1.49. The summed E-state index contributed by atoms with van der Waals surface area (Å²) < 4.78 is 21.2. The van der Waals surface area contributed by atoms with Gasteiger partial charge in [-0.25, -0.2) is 0 Å². The quantitative estimate of drug-likeness (QED) is 0.807. The van der Waals surface area contributed by atoms with Gasteiger partial charge in [-0.2, -0.15) is 0 Å². The second-order valence-corrected chi connectivity index (χ2v) is 6.10.